The number of benzene rings is 4. The maximum Gasteiger partial charge on any atom is 0.307 e. The minimum Gasteiger partial charge on any atom is -0.481 e. The van der Waals surface area contributed by atoms with E-state index in [1.54, 1.807) is 0 Å². The van der Waals surface area contributed by atoms with Crippen LogP contribution in [-0.2, 0) is 18.3 Å². The van der Waals surface area contributed by atoms with Crippen LogP contribution in [0.25, 0.3) is 33.1 Å². The molecule has 2 heterocycles. The number of aromatic amines is 1. The van der Waals surface area contributed by atoms with E-state index >= 15 is 0 Å². The van der Waals surface area contributed by atoms with Gasteiger partial charge in [0, 0.05) is 34.5 Å². The Bertz CT molecular complexity index is 1690. The average Bonchev–Trinajstić information content (AvgIpc) is 3.41. The minimum atomic E-state index is -0.839. The molecule has 4 nitrogen and oxygen atoms in total. The molecule has 1 atom stereocenters. The number of aromatic nitrogens is 2. The van der Waals surface area contributed by atoms with E-state index in [0.29, 0.717) is 0 Å². The van der Waals surface area contributed by atoms with Gasteiger partial charge in [0.25, 0.3) is 0 Å². The Morgan fingerprint density at radius 3 is 2.14 bits per heavy atom. The van der Waals surface area contributed by atoms with Gasteiger partial charge in [0.05, 0.1) is 18.0 Å². The van der Waals surface area contributed by atoms with Gasteiger partial charge in [-0.2, -0.15) is 0 Å². The Morgan fingerprint density at radius 2 is 1.42 bits per heavy atom. The fourth-order valence-electron chi connectivity index (χ4n) is 5.59. The standard InChI is InChI=1S/C32H26N2O2/c1-34-27-19-11-9-17-24(27)30(32(34)22-14-6-3-7-15-22)29(21-12-4-2-5-13-21)31-25(20-28(35)36)23-16-8-10-18-26(23)33-31/h2-19,29,33H,20H2,1H3,(H,35,36). The summed E-state index contributed by atoms with van der Waals surface area (Å²) in [5.41, 5.74) is 8.40. The molecule has 6 aromatic rings. The van der Waals surface area contributed by atoms with Crippen molar-refractivity contribution in [2.75, 3.05) is 0 Å². The highest BCUT2D eigenvalue weighted by molar-refractivity contribution is 5.95. The summed E-state index contributed by atoms with van der Waals surface area (Å²) in [5, 5.41) is 12.0. The zero-order valence-corrected chi connectivity index (χ0v) is 20.0. The molecule has 6 rings (SSSR count). The summed E-state index contributed by atoms with van der Waals surface area (Å²) in [6.45, 7) is 0. The highest BCUT2D eigenvalue weighted by Gasteiger charge is 2.30. The van der Waals surface area contributed by atoms with Gasteiger partial charge in [-0.25, -0.2) is 0 Å². The molecule has 1 unspecified atom stereocenters. The number of carboxylic acid groups (broad SMARTS) is 1. The molecular formula is C32H26N2O2. The van der Waals surface area contributed by atoms with Crippen LogP contribution < -0.4 is 0 Å². The number of rotatable bonds is 6. The first kappa shape index (κ1) is 21.9. The summed E-state index contributed by atoms with van der Waals surface area (Å²) in [6, 6.07) is 37.3. The van der Waals surface area contributed by atoms with Crippen molar-refractivity contribution in [3.63, 3.8) is 0 Å². The fourth-order valence-corrected chi connectivity index (χ4v) is 5.59. The Hall–Kier alpha value is -4.57. The fraction of sp³-hybridized carbons (Fsp3) is 0.0938. The summed E-state index contributed by atoms with van der Waals surface area (Å²) in [5.74, 6) is -1.02. The van der Waals surface area contributed by atoms with E-state index in [9.17, 15) is 9.90 Å². The molecule has 0 aliphatic rings. The number of hydrogen-bond donors (Lipinski definition) is 2. The molecule has 0 aliphatic carbocycles. The maximum absolute atomic E-state index is 12.0. The predicted molar refractivity (Wildman–Crippen MR) is 145 cm³/mol. The van der Waals surface area contributed by atoms with Crippen LogP contribution in [0.15, 0.2) is 109 Å². The van der Waals surface area contributed by atoms with Crippen LogP contribution >= 0.6 is 0 Å². The van der Waals surface area contributed by atoms with Gasteiger partial charge >= 0.3 is 5.97 Å². The van der Waals surface area contributed by atoms with Crippen LogP contribution in [0, 0.1) is 0 Å². The third-order valence-corrected chi connectivity index (χ3v) is 7.08. The second kappa shape index (κ2) is 8.90. The first-order chi connectivity index (χ1) is 17.6. The van der Waals surface area contributed by atoms with Gasteiger partial charge in [0.2, 0.25) is 0 Å². The first-order valence-electron chi connectivity index (χ1n) is 12.1. The molecular weight excluding hydrogens is 444 g/mol. The molecule has 2 aromatic heterocycles. The SMILES string of the molecule is Cn1c(-c2ccccc2)c(C(c2ccccc2)c2[nH]c3ccccc3c2CC(=O)O)c2ccccc21. The summed E-state index contributed by atoms with van der Waals surface area (Å²) in [6.07, 6.45) is -0.0475. The van der Waals surface area contributed by atoms with Crippen LogP contribution in [0.2, 0.25) is 0 Å². The van der Waals surface area contributed by atoms with E-state index in [4.69, 9.17) is 0 Å². The number of nitrogens with zero attached hydrogens (tertiary/aromatic N) is 1. The molecule has 0 radical (unpaired) electrons. The van der Waals surface area contributed by atoms with Crippen LogP contribution in [0.1, 0.15) is 28.3 Å². The van der Waals surface area contributed by atoms with E-state index in [-0.39, 0.29) is 12.3 Å². The van der Waals surface area contributed by atoms with E-state index in [1.807, 2.05) is 36.4 Å². The number of nitrogens with one attached hydrogen (secondary N) is 1. The van der Waals surface area contributed by atoms with Gasteiger partial charge in [-0.3, -0.25) is 4.79 Å². The summed E-state index contributed by atoms with van der Waals surface area (Å²) in [4.78, 5) is 15.7. The highest BCUT2D eigenvalue weighted by Crippen LogP contribution is 2.45. The monoisotopic (exact) mass is 470 g/mol. The quantitative estimate of drug-likeness (QED) is 0.272. The molecule has 0 fully saturated rings. The molecule has 0 bridgehead atoms. The van der Waals surface area contributed by atoms with Gasteiger partial charge in [-0.05, 0) is 34.4 Å². The Morgan fingerprint density at radius 1 is 0.806 bits per heavy atom. The molecule has 2 N–H and O–H groups in total. The number of H-pyrrole nitrogens is 1. The lowest BCUT2D eigenvalue weighted by atomic mass is 9.83. The van der Waals surface area contributed by atoms with Crippen molar-refractivity contribution in [3.05, 3.63) is 132 Å². The van der Waals surface area contributed by atoms with Gasteiger partial charge in [0.1, 0.15) is 0 Å². The van der Waals surface area contributed by atoms with Crippen LogP contribution in [0.4, 0.5) is 0 Å². The molecule has 4 heteroatoms. The third kappa shape index (κ3) is 3.59. The van der Waals surface area contributed by atoms with E-state index in [0.717, 1.165) is 49.9 Å². The Balaban J connectivity index is 1.75. The molecule has 36 heavy (non-hydrogen) atoms. The second-order valence-corrected chi connectivity index (χ2v) is 9.18. The van der Waals surface area contributed by atoms with Gasteiger partial charge in [-0.15, -0.1) is 0 Å². The van der Waals surface area contributed by atoms with Crippen molar-refractivity contribution in [2.45, 2.75) is 12.3 Å². The Labute approximate surface area is 209 Å². The average molecular weight is 471 g/mol. The lowest BCUT2D eigenvalue weighted by Crippen LogP contribution is -2.10. The highest BCUT2D eigenvalue weighted by atomic mass is 16.4. The number of para-hydroxylation sites is 2. The molecule has 176 valence electrons. The molecule has 0 aliphatic heterocycles. The van der Waals surface area contributed by atoms with Crippen molar-refractivity contribution >= 4 is 27.8 Å². The van der Waals surface area contributed by atoms with Crippen LogP contribution in [-0.4, -0.2) is 20.6 Å². The first-order valence-corrected chi connectivity index (χ1v) is 12.1. The van der Waals surface area contributed by atoms with Crippen molar-refractivity contribution in [3.8, 4) is 11.3 Å². The number of carbonyl (C=O) groups is 1. The zero-order valence-electron chi connectivity index (χ0n) is 20.0. The second-order valence-electron chi connectivity index (χ2n) is 9.18. The number of aryl methyl sites for hydroxylation is 1. The van der Waals surface area contributed by atoms with Crippen molar-refractivity contribution in [1.82, 2.24) is 9.55 Å². The number of fused-ring (bicyclic) bond motifs is 2. The maximum atomic E-state index is 12.0. The van der Waals surface area contributed by atoms with Crippen molar-refractivity contribution in [1.29, 1.82) is 0 Å². The van der Waals surface area contributed by atoms with E-state index < -0.39 is 5.97 Å². The number of carboxylic acids is 1. The van der Waals surface area contributed by atoms with Crippen LogP contribution in [0.5, 0.6) is 0 Å². The third-order valence-electron chi connectivity index (χ3n) is 7.08. The lowest BCUT2D eigenvalue weighted by molar-refractivity contribution is -0.136. The molecule has 0 amide bonds. The summed E-state index contributed by atoms with van der Waals surface area (Å²) >= 11 is 0. The van der Waals surface area contributed by atoms with Gasteiger partial charge in [0.15, 0.2) is 0 Å². The lowest BCUT2D eigenvalue weighted by Gasteiger charge is -2.21. The smallest absolute Gasteiger partial charge is 0.307 e. The van der Waals surface area contributed by atoms with Crippen LogP contribution in [0.3, 0.4) is 0 Å². The topological polar surface area (TPSA) is 58.0 Å². The molecule has 4 aromatic carbocycles. The van der Waals surface area contributed by atoms with Crippen molar-refractivity contribution < 1.29 is 9.90 Å². The normalized spacial score (nSPS) is 12.2. The van der Waals surface area contributed by atoms with Gasteiger partial charge in [-0.1, -0.05) is 97.1 Å². The largest absolute Gasteiger partial charge is 0.481 e. The molecule has 0 saturated heterocycles. The van der Waals surface area contributed by atoms with Crippen molar-refractivity contribution in [2.24, 2.45) is 7.05 Å². The van der Waals surface area contributed by atoms with Gasteiger partial charge < -0.3 is 14.7 Å². The Kier molecular flexibility index (Phi) is 5.42. The minimum absolute atomic E-state index is 0.0475. The molecule has 0 spiro atoms. The summed E-state index contributed by atoms with van der Waals surface area (Å²) < 4.78 is 2.26. The van der Waals surface area contributed by atoms with E-state index in [2.05, 4.69) is 89.4 Å². The van der Waals surface area contributed by atoms with E-state index in [1.165, 1.54) is 5.56 Å². The number of aliphatic carboxylic acids is 1. The predicted octanol–water partition coefficient (Wildman–Crippen LogP) is 7.13. The molecule has 0 saturated carbocycles. The summed E-state index contributed by atoms with van der Waals surface area (Å²) in [7, 11) is 2.11. The number of hydrogen-bond acceptors (Lipinski definition) is 1. The zero-order chi connectivity index (χ0) is 24.6.